The van der Waals surface area contributed by atoms with Gasteiger partial charge in [0.1, 0.15) is 17.4 Å². The highest BCUT2D eigenvalue weighted by molar-refractivity contribution is 7.99. The van der Waals surface area contributed by atoms with Crippen LogP contribution in [0.3, 0.4) is 0 Å². The molecule has 3 rings (SSSR count). The average Bonchev–Trinajstić information content (AvgIpc) is 2.98. The predicted octanol–water partition coefficient (Wildman–Crippen LogP) is 5.45. The van der Waals surface area contributed by atoms with Crippen molar-refractivity contribution in [2.24, 2.45) is 0 Å². The van der Waals surface area contributed by atoms with Crippen LogP contribution in [0.5, 0.6) is 0 Å². The summed E-state index contributed by atoms with van der Waals surface area (Å²) >= 11 is 13.5. The second kappa shape index (κ2) is 7.18. The van der Waals surface area contributed by atoms with Crippen molar-refractivity contribution in [2.45, 2.75) is 4.90 Å². The molecule has 0 saturated carbocycles. The van der Waals surface area contributed by atoms with Crippen molar-refractivity contribution in [2.75, 3.05) is 5.75 Å². The van der Waals surface area contributed by atoms with Gasteiger partial charge in [0.15, 0.2) is 5.82 Å². The second-order valence-corrected chi connectivity index (χ2v) is 6.68. The van der Waals surface area contributed by atoms with Gasteiger partial charge in [0.2, 0.25) is 0 Å². The zero-order valence-corrected chi connectivity index (χ0v) is 14.6. The van der Waals surface area contributed by atoms with Crippen LogP contribution in [0.25, 0.3) is 16.6 Å². The SMILES string of the molecule is N#CC(=C(O)CSc1c(Cl)cccc1Cl)c1nc2ccccc2[nH]1. The number of aliphatic hydroxyl groups is 1. The largest absolute Gasteiger partial charge is 0.510 e. The van der Waals surface area contributed by atoms with Gasteiger partial charge in [-0.2, -0.15) is 5.26 Å². The lowest BCUT2D eigenvalue weighted by molar-refractivity contribution is 0.420. The van der Waals surface area contributed by atoms with E-state index in [4.69, 9.17) is 23.2 Å². The molecule has 0 unspecified atom stereocenters. The Hall–Kier alpha value is -2.13. The van der Waals surface area contributed by atoms with Crippen LogP contribution in [0.15, 0.2) is 53.1 Å². The number of fused-ring (bicyclic) bond motifs is 1. The number of allylic oxidation sites excluding steroid dienone is 1. The zero-order chi connectivity index (χ0) is 17.1. The number of nitrogens with zero attached hydrogens (tertiary/aromatic N) is 2. The van der Waals surface area contributed by atoms with E-state index in [0.29, 0.717) is 20.8 Å². The molecule has 0 bridgehead atoms. The molecule has 0 amide bonds. The molecule has 0 aliphatic heterocycles. The minimum Gasteiger partial charge on any atom is -0.510 e. The number of aromatic amines is 1. The van der Waals surface area contributed by atoms with Crippen LogP contribution >= 0.6 is 35.0 Å². The second-order valence-electron chi connectivity index (χ2n) is 4.88. The molecule has 4 nitrogen and oxygen atoms in total. The van der Waals surface area contributed by atoms with Crippen LogP contribution in [0.2, 0.25) is 10.0 Å². The minimum atomic E-state index is -0.0856. The van der Waals surface area contributed by atoms with Crippen LogP contribution in [0, 0.1) is 11.3 Å². The van der Waals surface area contributed by atoms with Crippen LogP contribution < -0.4 is 0 Å². The van der Waals surface area contributed by atoms with E-state index in [-0.39, 0.29) is 17.1 Å². The van der Waals surface area contributed by atoms with Gasteiger partial charge >= 0.3 is 0 Å². The Morgan fingerprint density at radius 3 is 2.54 bits per heavy atom. The number of para-hydroxylation sites is 2. The van der Waals surface area contributed by atoms with Crippen LogP contribution in [0.4, 0.5) is 0 Å². The maximum Gasteiger partial charge on any atom is 0.152 e. The monoisotopic (exact) mass is 375 g/mol. The molecule has 120 valence electrons. The molecule has 0 aliphatic rings. The summed E-state index contributed by atoms with van der Waals surface area (Å²) in [6.07, 6.45) is 0. The predicted molar refractivity (Wildman–Crippen MR) is 98.4 cm³/mol. The third-order valence-corrected chi connectivity index (χ3v) is 5.30. The van der Waals surface area contributed by atoms with Gasteiger partial charge in [0.25, 0.3) is 0 Å². The summed E-state index contributed by atoms with van der Waals surface area (Å²) < 4.78 is 0. The molecule has 3 aromatic rings. The van der Waals surface area contributed by atoms with Gasteiger partial charge < -0.3 is 10.1 Å². The minimum absolute atomic E-state index is 0.0856. The van der Waals surface area contributed by atoms with Crippen molar-refractivity contribution in [3.8, 4) is 6.07 Å². The Bertz CT molecular complexity index is 922. The fraction of sp³-hybridized carbons (Fsp3) is 0.0588. The van der Waals surface area contributed by atoms with E-state index >= 15 is 0 Å². The van der Waals surface area contributed by atoms with Crippen molar-refractivity contribution in [1.82, 2.24) is 9.97 Å². The van der Waals surface area contributed by atoms with Crippen molar-refractivity contribution in [1.29, 1.82) is 5.26 Å². The number of nitrogens with one attached hydrogen (secondary N) is 1. The molecule has 0 fully saturated rings. The molecule has 0 radical (unpaired) electrons. The van der Waals surface area contributed by atoms with Crippen molar-refractivity contribution >= 4 is 51.6 Å². The van der Waals surface area contributed by atoms with Crippen LogP contribution in [0.1, 0.15) is 5.82 Å². The molecule has 2 N–H and O–H groups in total. The van der Waals surface area contributed by atoms with Gasteiger partial charge in [-0.1, -0.05) is 41.4 Å². The summed E-state index contributed by atoms with van der Waals surface area (Å²) in [7, 11) is 0. The number of hydrogen-bond acceptors (Lipinski definition) is 4. The summed E-state index contributed by atoms with van der Waals surface area (Å²) in [5, 5.41) is 20.7. The van der Waals surface area contributed by atoms with Gasteiger partial charge in [0, 0.05) is 4.90 Å². The normalized spacial score (nSPS) is 12.0. The highest BCUT2D eigenvalue weighted by Gasteiger charge is 2.15. The lowest BCUT2D eigenvalue weighted by Gasteiger charge is -2.06. The molecular weight excluding hydrogens is 365 g/mol. The number of nitriles is 1. The van der Waals surface area contributed by atoms with E-state index in [9.17, 15) is 10.4 Å². The summed E-state index contributed by atoms with van der Waals surface area (Å²) in [6, 6.07) is 14.6. The number of imidazole rings is 1. The molecule has 2 aromatic carbocycles. The number of thioether (sulfide) groups is 1. The third kappa shape index (κ3) is 3.36. The quantitative estimate of drug-likeness (QED) is 0.361. The number of aliphatic hydroxyl groups excluding tert-OH is 1. The smallest absolute Gasteiger partial charge is 0.152 e. The Kier molecular flexibility index (Phi) is 5.00. The molecule has 1 heterocycles. The first-order valence-electron chi connectivity index (χ1n) is 6.94. The molecule has 24 heavy (non-hydrogen) atoms. The van der Waals surface area contributed by atoms with Crippen molar-refractivity contribution in [3.63, 3.8) is 0 Å². The summed E-state index contributed by atoms with van der Waals surface area (Å²) in [5.74, 6) is 0.406. The fourth-order valence-electron chi connectivity index (χ4n) is 2.16. The third-order valence-electron chi connectivity index (χ3n) is 3.30. The standard InChI is InChI=1S/C17H11Cl2N3OS/c18-11-4-3-5-12(19)16(11)24-9-15(23)10(8-20)17-21-13-6-1-2-7-14(13)22-17/h1-7,23H,9H2,(H,21,22). The fourth-order valence-corrected chi connectivity index (χ4v) is 3.72. The number of aromatic nitrogens is 2. The van der Waals surface area contributed by atoms with E-state index in [1.165, 1.54) is 11.8 Å². The van der Waals surface area contributed by atoms with Gasteiger partial charge in [-0.25, -0.2) is 4.98 Å². The molecule has 0 saturated heterocycles. The molecule has 0 spiro atoms. The highest BCUT2D eigenvalue weighted by Crippen LogP contribution is 2.35. The Balaban J connectivity index is 1.89. The summed E-state index contributed by atoms with van der Waals surface area (Å²) in [4.78, 5) is 8.03. The first kappa shape index (κ1) is 16.7. The highest BCUT2D eigenvalue weighted by atomic mass is 35.5. The van der Waals surface area contributed by atoms with Crippen molar-refractivity contribution < 1.29 is 5.11 Å². The molecule has 0 atom stereocenters. The number of benzene rings is 2. The number of hydrogen-bond donors (Lipinski definition) is 2. The van der Waals surface area contributed by atoms with Gasteiger partial charge in [-0.15, -0.1) is 11.8 Å². The van der Waals surface area contributed by atoms with E-state index in [0.717, 1.165) is 11.0 Å². The topological polar surface area (TPSA) is 72.7 Å². The van der Waals surface area contributed by atoms with E-state index in [1.54, 1.807) is 18.2 Å². The Morgan fingerprint density at radius 2 is 1.88 bits per heavy atom. The van der Waals surface area contributed by atoms with Crippen molar-refractivity contribution in [3.05, 3.63) is 64.1 Å². The first-order valence-corrected chi connectivity index (χ1v) is 8.68. The lowest BCUT2D eigenvalue weighted by Crippen LogP contribution is -1.95. The van der Waals surface area contributed by atoms with E-state index in [2.05, 4.69) is 9.97 Å². The molecule has 0 aliphatic carbocycles. The Labute approximate surface area is 152 Å². The molecular formula is C17H11Cl2N3OS. The van der Waals surface area contributed by atoms with Gasteiger partial charge in [0.05, 0.1) is 26.8 Å². The molecule has 1 aromatic heterocycles. The van der Waals surface area contributed by atoms with Crippen LogP contribution in [-0.2, 0) is 0 Å². The first-order chi connectivity index (χ1) is 11.6. The van der Waals surface area contributed by atoms with Crippen LogP contribution in [-0.4, -0.2) is 20.8 Å². The average molecular weight is 376 g/mol. The van der Waals surface area contributed by atoms with Gasteiger partial charge in [-0.3, -0.25) is 0 Å². The summed E-state index contributed by atoms with van der Waals surface area (Å²) in [6.45, 7) is 0. The van der Waals surface area contributed by atoms with E-state index in [1.807, 2.05) is 30.3 Å². The Morgan fingerprint density at radius 1 is 1.17 bits per heavy atom. The lowest BCUT2D eigenvalue weighted by atomic mass is 10.2. The number of rotatable bonds is 4. The maximum absolute atomic E-state index is 10.3. The maximum atomic E-state index is 10.3. The van der Waals surface area contributed by atoms with E-state index < -0.39 is 0 Å². The zero-order valence-electron chi connectivity index (χ0n) is 12.3. The van der Waals surface area contributed by atoms with Gasteiger partial charge in [-0.05, 0) is 24.3 Å². The summed E-state index contributed by atoms with van der Waals surface area (Å²) in [5.41, 5.74) is 1.63. The number of H-pyrrole nitrogens is 1. The number of halogens is 2. The molecule has 7 heteroatoms.